The number of hydrogen-bond donors (Lipinski definition) is 2. The molecule has 9 heteroatoms. The third-order valence-corrected chi connectivity index (χ3v) is 6.32. The van der Waals surface area contributed by atoms with Crippen LogP contribution in [0.25, 0.3) is 0 Å². The largest absolute Gasteiger partial charge is 0.493 e. The maximum absolute atomic E-state index is 13.1. The molecule has 1 unspecified atom stereocenters. The van der Waals surface area contributed by atoms with E-state index in [0.29, 0.717) is 40.5 Å². The molecule has 1 aliphatic rings. The highest BCUT2D eigenvalue weighted by atomic mass is 32.2. The number of hydrogen-bond acceptors (Lipinski definition) is 6. The molecule has 1 aromatic heterocycles. The Labute approximate surface area is 201 Å². The van der Waals surface area contributed by atoms with Crippen LogP contribution in [0.1, 0.15) is 42.9 Å². The molecule has 1 atom stereocenters. The highest BCUT2D eigenvalue weighted by Gasteiger charge is 2.31. The van der Waals surface area contributed by atoms with Crippen molar-refractivity contribution in [1.82, 2.24) is 9.97 Å². The minimum absolute atomic E-state index is 0.120. The Morgan fingerprint density at radius 3 is 2.62 bits per heavy atom. The first-order valence-electron chi connectivity index (χ1n) is 11.0. The quantitative estimate of drug-likeness (QED) is 0.356. The molecule has 4 rings (SSSR count). The molecule has 0 fully saturated rings. The molecule has 3 aromatic rings. The fraction of sp³-hybridized carbons (Fsp3) is 0.320. The zero-order valence-corrected chi connectivity index (χ0v) is 20.0. The van der Waals surface area contributed by atoms with Crippen molar-refractivity contribution >= 4 is 23.5 Å². The van der Waals surface area contributed by atoms with Crippen LogP contribution in [-0.4, -0.2) is 29.6 Å². The Balaban J connectivity index is 1.61. The van der Waals surface area contributed by atoms with E-state index in [1.54, 1.807) is 31.4 Å². The summed E-state index contributed by atoms with van der Waals surface area (Å²) in [5, 5.41) is 3.11. The first kappa shape index (κ1) is 23.8. The van der Waals surface area contributed by atoms with Gasteiger partial charge in [-0.05, 0) is 41.3 Å². The van der Waals surface area contributed by atoms with Crippen molar-refractivity contribution in [3.8, 4) is 11.5 Å². The number of carbonyl (C=O) groups is 1. The molecule has 2 aromatic carbocycles. The first-order valence-corrected chi connectivity index (χ1v) is 11.9. The Morgan fingerprint density at radius 2 is 1.91 bits per heavy atom. The molecule has 0 bridgehead atoms. The van der Waals surface area contributed by atoms with Gasteiger partial charge in [-0.1, -0.05) is 43.8 Å². The third-order valence-electron chi connectivity index (χ3n) is 5.38. The summed E-state index contributed by atoms with van der Waals surface area (Å²) in [6, 6.07) is 11.6. The molecule has 0 radical (unpaired) electrons. The monoisotopic (exact) mass is 483 g/mol. The molecular weight excluding hydrogens is 457 g/mol. The van der Waals surface area contributed by atoms with Crippen molar-refractivity contribution in [2.24, 2.45) is 5.92 Å². The van der Waals surface area contributed by atoms with Gasteiger partial charge in [-0.2, -0.15) is 0 Å². The molecule has 1 amide bonds. The van der Waals surface area contributed by atoms with Crippen LogP contribution in [0.5, 0.6) is 11.5 Å². The van der Waals surface area contributed by atoms with Crippen LogP contribution in [0.15, 0.2) is 52.4 Å². The minimum atomic E-state index is -0.468. The predicted molar refractivity (Wildman–Crippen MR) is 129 cm³/mol. The van der Waals surface area contributed by atoms with E-state index in [1.807, 2.05) is 6.07 Å². The number of aromatic amines is 1. The predicted octanol–water partition coefficient (Wildman–Crippen LogP) is 4.72. The van der Waals surface area contributed by atoms with E-state index < -0.39 is 5.92 Å². The van der Waals surface area contributed by atoms with Gasteiger partial charge in [-0.25, -0.2) is 9.37 Å². The Kier molecular flexibility index (Phi) is 7.21. The lowest BCUT2D eigenvalue weighted by Gasteiger charge is -2.25. The number of amides is 1. The maximum atomic E-state index is 13.1. The molecule has 2 heterocycles. The molecule has 0 saturated heterocycles. The first-order chi connectivity index (χ1) is 16.3. The van der Waals surface area contributed by atoms with E-state index in [0.717, 1.165) is 11.1 Å². The van der Waals surface area contributed by atoms with Gasteiger partial charge in [-0.15, -0.1) is 0 Å². The molecule has 7 nitrogen and oxygen atoms in total. The smallest absolute Gasteiger partial charge is 0.257 e. The van der Waals surface area contributed by atoms with Crippen molar-refractivity contribution in [2.75, 3.05) is 19.0 Å². The maximum Gasteiger partial charge on any atom is 0.257 e. The highest BCUT2D eigenvalue weighted by Crippen LogP contribution is 2.38. The summed E-state index contributed by atoms with van der Waals surface area (Å²) >= 11 is 1.30. The number of anilines is 1. The zero-order chi connectivity index (χ0) is 24.2. The van der Waals surface area contributed by atoms with E-state index in [9.17, 15) is 14.0 Å². The van der Waals surface area contributed by atoms with Crippen LogP contribution in [-0.2, 0) is 10.5 Å². The van der Waals surface area contributed by atoms with Gasteiger partial charge in [0.2, 0.25) is 5.91 Å². The van der Waals surface area contributed by atoms with Crippen molar-refractivity contribution in [1.29, 1.82) is 0 Å². The second-order valence-electron chi connectivity index (χ2n) is 8.47. The second-order valence-corrected chi connectivity index (χ2v) is 9.43. The number of fused-ring (bicyclic) bond motifs is 1. The molecule has 178 valence electrons. The van der Waals surface area contributed by atoms with Gasteiger partial charge in [0.25, 0.3) is 5.56 Å². The number of nitrogens with zero attached hydrogens (tertiary/aromatic N) is 1. The number of H-pyrrole nitrogens is 1. The lowest BCUT2D eigenvalue weighted by Crippen LogP contribution is -2.31. The van der Waals surface area contributed by atoms with Crippen LogP contribution in [0.3, 0.4) is 0 Å². The van der Waals surface area contributed by atoms with Crippen LogP contribution >= 0.6 is 11.8 Å². The average Bonchev–Trinajstić information content (AvgIpc) is 2.81. The average molecular weight is 484 g/mol. The summed E-state index contributed by atoms with van der Waals surface area (Å²) in [7, 11) is 1.56. The van der Waals surface area contributed by atoms with Crippen LogP contribution in [0, 0.1) is 11.7 Å². The number of thioether (sulfide) groups is 1. The second kappa shape index (κ2) is 10.3. The lowest BCUT2D eigenvalue weighted by molar-refractivity contribution is -0.116. The van der Waals surface area contributed by atoms with E-state index in [1.165, 1.54) is 23.9 Å². The normalized spacial score (nSPS) is 15.1. The Morgan fingerprint density at radius 1 is 1.15 bits per heavy atom. The van der Waals surface area contributed by atoms with Gasteiger partial charge in [0.15, 0.2) is 16.7 Å². The Bertz CT molecular complexity index is 1240. The van der Waals surface area contributed by atoms with Crippen LogP contribution in [0.4, 0.5) is 10.2 Å². The van der Waals surface area contributed by atoms with E-state index in [-0.39, 0.29) is 29.5 Å². The SMILES string of the molecule is COc1cc(C2CC(=O)Nc3nc(SCc4ccc(F)cc4)[nH]c(=O)c32)ccc1OCC(C)C. The fourth-order valence-corrected chi connectivity index (χ4v) is 4.53. The minimum Gasteiger partial charge on any atom is -0.493 e. The molecule has 1 aliphatic heterocycles. The zero-order valence-electron chi connectivity index (χ0n) is 19.2. The lowest BCUT2D eigenvalue weighted by atomic mass is 9.86. The number of carbonyl (C=O) groups excluding carboxylic acids is 1. The Hall–Kier alpha value is -3.33. The molecule has 34 heavy (non-hydrogen) atoms. The number of halogens is 1. The van der Waals surface area contributed by atoms with E-state index in [4.69, 9.17) is 9.47 Å². The molecule has 0 spiro atoms. The van der Waals surface area contributed by atoms with Gasteiger partial charge < -0.3 is 19.8 Å². The van der Waals surface area contributed by atoms with Gasteiger partial charge >= 0.3 is 0 Å². The summed E-state index contributed by atoms with van der Waals surface area (Å²) in [6.45, 7) is 4.67. The highest BCUT2D eigenvalue weighted by molar-refractivity contribution is 7.98. The number of rotatable bonds is 8. The summed E-state index contributed by atoms with van der Waals surface area (Å²) in [4.78, 5) is 32.9. The van der Waals surface area contributed by atoms with E-state index in [2.05, 4.69) is 29.1 Å². The standard InChI is InChI=1S/C25H26FN3O4S/c1-14(2)12-33-19-9-6-16(10-20(19)32-3)18-11-21(30)27-23-22(18)24(31)29-25(28-23)34-13-15-4-7-17(26)8-5-15/h4-10,14,18H,11-13H2,1-3H3,(H2,27,28,29,30,31). The van der Waals surface area contributed by atoms with Crippen LogP contribution in [0.2, 0.25) is 0 Å². The third kappa shape index (κ3) is 5.41. The number of aromatic nitrogens is 2. The molecule has 0 saturated carbocycles. The van der Waals surface area contributed by atoms with Crippen LogP contribution < -0.4 is 20.3 Å². The number of methoxy groups -OCH3 is 1. The van der Waals surface area contributed by atoms with E-state index >= 15 is 0 Å². The molecule has 0 aliphatic carbocycles. The van der Waals surface area contributed by atoms with Gasteiger partial charge in [-0.3, -0.25) is 9.59 Å². The number of nitrogens with one attached hydrogen (secondary N) is 2. The summed E-state index contributed by atoms with van der Waals surface area (Å²) in [5.41, 5.74) is 1.75. The molecule has 2 N–H and O–H groups in total. The van der Waals surface area contributed by atoms with Crippen molar-refractivity contribution in [2.45, 2.75) is 37.1 Å². The van der Waals surface area contributed by atoms with Gasteiger partial charge in [0.05, 0.1) is 19.3 Å². The number of ether oxygens (including phenoxy) is 2. The summed E-state index contributed by atoms with van der Waals surface area (Å²) in [5.74, 6) is 1.27. The van der Waals surface area contributed by atoms with Crippen molar-refractivity contribution < 1.29 is 18.7 Å². The van der Waals surface area contributed by atoms with Gasteiger partial charge in [0.1, 0.15) is 11.6 Å². The van der Waals surface area contributed by atoms with Crippen molar-refractivity contribution in [3.05, 3.63) is 75.3 Å². The number of benzene rings is 2. The van der Waals surface area contributed by atoms with Gasteiger partial charge in [0, 0.05) is 18.1 Å². The summed E-state index contributed by atoms with van der Waals surface area (Å²) < 4.78 is 24.4. The van der Waals surface area contributed by atoms with Crippen molar-refractivity contribution in [3.63, 3.8) is 0 Å². The molecular formula is C25H26FN3O4S. The topological polar surface area (TPSA) is 93.3 Å². The summed E-state index contributed by atoms with van der Waals surface area (Å²) in [6.07, 6.45) is 0.120. The fourth-order valence-electron chi connectivity index (χ4n) is 3.71.